The number of hydrogen-bond acceptors (Lipinski definition) is 11. The number of nitrogens with zero attached hydrogens (tertiary/aromatic N) is 2. The first-order chi connectivity index (χ1) is 30.4. The normalized spacial score (nSPS) is 30.5. The van der Waals surface area contributed by atoms with Crippen LogP contribution in [0.15, 0.2) is 51.4 Å². The number of thioether (sulfide) groups is 1. The van der Waals surface area contributed by atoms with Crippen molar-refractivity contribution in [1.29, 1.82) is 0 Å². The lowest BCUT2D eigenvalue weighted by atomic mass is 9.85. The van der Waals surface area contributed by atoms with Gasteiger partial charge in [-0.3, -0.25) is 19.4 Å². The van der Waals surface area contributed by atoms with Crippen molar-refractivity contribution >= 4 is 46.8 Å². The number of rotatable bonds is 15. The highest BCUT2D eigenvalue weighted by Gasteiger charge is 2.61. The van der Waals surface area contributed by atoms with Crippen molar-refractivity contribution < 1.29 is 43.2 Å². The number of alkyl carbamates (subject to hydrolysis) is 1. The molecule has 0 radical (unpaired) electrons. The van der Waals surface area contributed by atoms with Gasteiger partial charge in [-0.25, -0.2) is 4.79 Å². The number of fused-ring (bicyclic) bond motifs is 2. The summed E-state index contributed by atoms with van der Waals surface area (Å²) in [5.74, 6) is 1.92. The number of likely N-dealkylation sites (tertiary alicyclic amines) is 1. The van der Waals surface area contributed by atoms with Gasteiger partial charge in [0.05, 0.1) is 17.1 Å². The molecule has 9 atom stereocenters. The number of aliphatic imine (C=N–C) groups is 1. The van der Waals surface area contributed by atoms with Crippen molar-refractivity contribution in [2.75, 3.05) is 20.3 Å². The SMILES string of the molecule is CCC1CC1(NC(=O)C1CC(OC2=CC(C3=CSC(=NC(C)C)C(C)CC3)=C(C)CCc3cc(OCC=O)ccc32)CN1C(=O)C(NC(=O)OC1CC2CC2C1)C(C)(C)C)C(O)OC. The van der Waals surface area contributed by atoms with E-state index < -0.39 is 53.3 Å². The predicted octanol–water partition coefficient (Wildman–Crippen LogP) is 7.90. The molecule has 1 saturated heterocycles. The minimum Gasteiger partial charge on any atom is -0.488 e. The molecular formula is C50H70N4O9S. The Morgan fingerprint density at radius 1 is 1.08 bits per heavy atom. The fraction of sp³-hybridized carbons (Fsp3) is 0.660. The zero-order valence-electron chi connectivity index (χ0n) is 39.2. The fourth-order valence-corrected chi connectivity index (χ4v) is 11.4. The van der Waals surface area contributed by atoms with Gasteiger partial charge in [0.1, 0.15) is 42.4 Å². The first-order valence-corrected chi connectivity index (χ1v) is 24.3. The fourth-order valence-electron chi connectivity index (χ4n) is 10.2. The van der Waals surface area contributed by atoms with Crippen LogP contribution < -0.4 is 15.4 Å². The molecule has 3 amide bonds. The Morgan fingerprint density at radius 3 is 2.48 bits per heavy atom. The number of carbonyl (C=O) groups excluding carboxylic acids is 4. The van der Waals surface area contributed by atoms with Gasteiger partial charge in [-0.15, -0.1) is 0 Å². The monoisotopic (exact) mass is 902 g/mol. The summed E-state index contributed by atoms with van der Waals surface area (Å²) in [5.41, 5.74) is 3.63. The number of allylic oxidation sites excluding steroid dienone is 4. The van der Waals surface area contributed by atoms with E-state index in [1.807, 2.05) is 45.9 Å². The number of ether oxygens (including phenoxy) is 4. The Balaban J connectivity index is 1.23. The molecule has 1 aromatic rings. The number of carbonyl (C=O) groups is 4. The minimum atomic E-state index is -1.23. The number of hydrogen-bond donors (Lipinski definition) is 3. The third-order valence-electron chi connectivity index (χ3n) is 14.1. The number of aryl methyl sites for hydroxylation is 1. The number of benzene rings is 1. The summed E-state index contributed by atoms with van der Waals surface area (Å²) in [6, 6.07) is 3.96. The summed E-state index contributed by atoms with van der Waals surface area (Å²) in [4.78, 5) is 60.8. The van der Waals surface area contributed by atoms with Crippen molar-refractivity contribution in [1.82, 2.24) is 15.5 Å². The van der Waals surface area contributed by atoms with E-state index in [0.717, 1.165) is 66.6 Å². The van der Waals surface area contributed by atoms with E-state index in [2.05, 4.69) is 49.8 Å². The third-order valence-corrected chi connectivity index (χ3v) is 15.3. The molecule has 4 fully saturated rings. The summed E-state index contributed by atoms with van der Waals surface area (Å²) in [5, 5.41) is 20.4. The van der Waals surface area contributed by atoms with E-state index in [1.165, 1.54) is 24.7 Å². The van der Waals surface area contributed by atoms with Crippen molar-refractivity contribution in [2.45, 2.75) is 162 Å². The van der Waals surface area contributed by atoms with Gasteiger partial charge in [-0.05, 0) is 142 Å². The Hall–Kier alpha value is -4.14. The molecule has 64 heavy (non-hydrogen) atoms. The molecule has 9 unspecified atom stereocenters. The molecule has 4 aliphatic carbocycles. The largest absolute Gasteiger partial charge is 0.488 e. The lowest BCUT2D eigenvalue weighted by Gasteiger charge is -2.36. The molecular weight excluding hydrogens is 833 g/mol. The Bertz CT molecular complexity index is 2060. The van der Waals surface area contributed by atoms with Gasteiger partial charge in [0, 0.05) is 31.1 Å². The van der Waals surface area contributed by atoms with Gasteiger partial charge in [0.15, 0.2) is 12.6 Å². The van der Waals surface area contributed by atoms with Crippen LogP contribution in [0.3, 0.4) is 0 Å². The van der Waals surface area contributed by atoms with E-state index in [-0.39, 0.29) is 37.6 Å². The minimum absolute atomic E-state index is 0.00184. The molecule has 0 aromatic heterocycles. The molecule has 350 valence electrons. The summed E-state index contributed by atoms with van der Waals surface area (Å²) in [6.45, 7) is 16.3. The summed E-state index contributed by atoms with van der Waals surface area (Å²) in [7, 11) is 1.41. The van der Waals surface area contributed by atoms with E-state index in [1.54, 1.807) is 16.7 Å². The van der Waals surface area contributed by atoms with Crippen LogP contribution in [-0.4, -0.2) is 102 Å². The second kappa shape index (κ2) is 19.8. The molecule has 13 nitrogen and oxygen atoms in total. The second-order valence-electron chi connectivity index (χ2n) is 20.4. The maximum atomic E-state index is 15.0. The molecule has 7 rings (SSSR count). The van der Waals surface area contributed by atoms with Crippen LogP contribution in [-0.2, 0) is 35.0 Å². The summed E-state index contributed by atoms with van der Waals surface area (Å²) in [6.07, 6.45) is 7.79. The number of nitrogens with one attached hydrogen (secondary N) is 2. The molecule has 3 N–H and O–H groups in total. The molecule has 2 heterocycles. The molecule has 6 aliphatic rings. The van der Waals surface area contributed by atoms with E-state index in [9.17, 15) is 19.5 Å². The number of aliphatic hydroxyl groups is 1. The van der Waals surface area contributed by atoms with Crippen molar-refractivity contribution in [3.8, 4) is 5.75 Å². The zero-order valence-corrected chi connectivity index (χ0v) is 40.1. The van der Waals surface area contributed by atoms with Gasteiger partial charge >= 0.3 is 6.09 Å². The molecule has 0 spiro atoms. The highest BCUT2D eigenvalue weighted by Crippen LogP contribution is 2.53. The highest BCUT2D eigenvalue weighted by molar-refractivity contribution is 8.16. The summed E-state index contributed by atoms with van der Waals surface area (Å²) < 4.78 is 24.1. The van der Waals surface area contributed by atoms with E-state index >= 15 is 4.79 Å². The van der Waals surface area contributed by atoms with Crippen molar-refractivity contribution in [3.05, 3.63) is 57.5 Å². The first-order valence-electron chi connectivity index (χ1n) is 23.5. The van der Waals surface area contributed by atoms with Gasteiger partial charge in [0.25, 0.3) is 0 Å². The van der Waals surface area contributed by atoms with Gasteiger partial charge in [-0.2, -0.15) is 0 Å². The number of aldehydes is 1. The predicted molar refractivity (Wildman–Crippen MR) is 248 cm³/mol. The lowest BCUT2D eigenvalue weighted by Crippen LogP contribution is -2.59. The third kappa shape index (κ3) is 10.8. The molecule has 2 aliphatic heterocycles. The van der Waals surface area contributed by atoms with E-state index in [4.69, 9.17) is 23.9 Å². The van der Waals surface area contributed by atoms with Gasteiger partial charge in [-0.1, -0.05) is 58.4 Å². The number of amides is 3. The molecule has 1 aromatic carbocycles. The quantitative estimate of drug-likeness (QED) is 0.116. The second-order valence-corrected chi connectivity index (χ2v) is 21.3. The van der Waals surface area contributed by atoms with Gasteiger partial charge < -0.3 is 39.6 Å². The molecule has 0 bridgehead atoms. The first kappa shape index (κ1) is 47.8. The zero-order chi connectivity index (χ0) is 46.1. The molecule has 3 saturated carbocycles. The van der Waals surface area contributed by atoms with Crippen molar-refractivity contribution in [2.24, 2.45) is 34.1 Å². The number of aliphatic hydroxyl groups excluding tert-OH is 1. The molecule has 14 heteroatoms. The highest BCUT2D eigenvalue weighted by atomic mass is 32.2. The smallest absolute Gasteiger partial charge is 0.408 e. The van der Waals surface area contributed by atoms with Crippen LogP contribution in [0.25, 0.3) is 5.76 Å². The maximum absolute atomic E-state index is 15.0. The van der Waals surface area contributed by atoms with Gasteiger partial charge in [0.2, 0.25) is 11.8 Å². The maximum Gasteiger partial charge on any atom is 0.408 e. The van der Waals surface area contributed by atoms with Crippen LogP contribution in [0.1, 0.15) is 124 Å². The van der Waals surface area contributed by atoms with Crippen molar-refractivity contribution in [3.63, 3.8) is 0 Å². The summed E-state index contributed by atoms with van der Waals surface area (Å²) >= 11 is 1.69. The Kier molecular flexibility index (Phi) is 14.8. The standard InChI is InChI=1S/C50H70N4O9S/c1-10-35-25-50(35,47(58)60-9)53-44(56)41-23-38(26-54(41)46(57)43(49(6,7)8)52-48(59)63-37-21-33-19-34(33)22-37)62-42-24-40(32-14-12-30(5)45(64-27-32)51-28(2)3)29(4)11-13-31-20-36(61-18-17-55)15-16-39(31)42/h15-17,20,24,27-28,30,33-35,37-38,41,43,47,58H,10-14,18-19,21-23,25-26H2,1-9H3,(H,52,59)(H,53,56). The Labute approximate surface area is 383 Å². The lowest BCUT2D eigenvalue weighted by molar-refractivity contribution is -0.146. The van der Waals surface area contributed by atoms with Crippen LogP contribution in [0.4, 0.5) is 4.79 Å². The number of methoxy groups -OCH3 is 1. The van der Waals surface area contributed by atoms with Crippen LogP contribution in [0.2, 0.25) is 0 Å². The average molecular weight is 903 g/mol. The van der Waals surface area contributed by atoms with Crippen LogP contribution in [0, 0.1) is 29.1 Å². The van der Waals surface area contributed by atoms with Crippen LogP contribution >= 0.6 is 11.8 Å². The Morgan fingerprint density at radius 2 is 1.83 bits per heavy atom. The average Bonchev–Trinajstić information content (AvgIpc) is 4.08. The topological polar surface area (TPSA) is 165 Å². The van der Waals surface area contributed by atoms with E-state index in [0.29, 0.717) is 42.1 Å². The van der Waals surface area contributed by atoms with Crippen LogP contribution in [0.5, 0.6) is 5.75 Å².